The van der Waals surface area contributed by atoms with Crippen LogP contribution in [0.4, 0.5) is 5.82 Å². The third-order valence-electron chi connectivity index (χ3n) is 8.94. The number of carboxylic acids is 1. The van der Waals surface area contributed by atoms with Crippen molar-refractivity contribution < 1.29 is 28.3 Å². The summed E-state index contributed by atoms with van der Waals surface area (Å²) in [5, 5.41) is 19.4. The molecule has 2 aliphatic carbocycles. The maximum absolute atomic E-state index is 13.3. The molecule has 3 aliphatic rings. The zero-order valence-corrected chi connectivity index (χ0v) is 27.0. The highest BCUT2D eigenvalue weighted by molar-refractivity contribution is 6.27. The van der Waals surface area contributed by atoms with Gasteiger partial charge in [0.1, 0.15) is 22.9 Å². The summed E-state index contributed by atoms with van der Waals surface area (Å²) >= 11 is 0. The standard InChI is InChI=1S/C21H20N4O2.C17H10N2O4/c1-24(2)9-10-25-19(16-8-5-11-27-16)18-17(15(12-22)21(25)23)13-6-3-4-7-14(13)20(18)26;18-16-13(17(21)22)11-8-4-1-2-5-9(8)15(20)12(11)14(19-16)10-6-3-7-23-10/h3-8,11,17H,9-10,23H2,1-2H3;1-7H,(H2,18,19)(H,21,22). The second kappa shape index (κ2) is 12.4. The quantitative estimate of drug-likeness (QED) is 0.206. The van der Waals surface area contributed by atoms with Gasteiger partial charge in [0.15, 0.2) is 23.1 Å². The van der Waals surface area contributed by atoms with E-state index in [0.717, 1.165) is 5.56 Å². The van der Waals surface area contributed by atoms with Crippen LogP contribution >= 0.6 is 0 Å². The van der Waals surface area contributed by atoms with Crippen molar-refractivity contribution in [1.29, 1.82) is 5.26 Å². The van der Waals surface area contributed by atoms with E-state index in [-0.39, 0.29) is 34.2 Å². The highest BCUT2D eigenvalue weighted by Gasteiger charge is 2.45. The molecule has 0 radical (unpaired) electrons. The van der Waals surface area contributed by atoms with Crippen molar-refractivity contribution in [2.75, 3.05) is 32.9 Å². The average molecular weight is 667 g/mol. The lowest BCUT2D eigenvalue weighted by atomic mass is 9.85. The molecule has 50 heavy (non-hydrogen) atoms. The molecule has 12 nitrogen and oxygen atoms in total. The van der Waals surface area contributed by atoms with E-state index in [9.17, 15) is 24.8 Å². The number of fused-ring (bicyclic) bond motifs is 6. The molecule has 3 aromatic heterocycles. The number of anilines is 1. The SMILES string of the molecule is CN(C)CCN1C(N)=C(C#N)C2C(=C1c1ccco1)C(=O)c1ccccc12.Nc1nc(-c2ccco2)c2c(c1C(=O)O)-c1ccccc1C2=O. The van der Waals surface area contributed by atoms with Crippen LogP contribution in [0, 0.1) is 11.3 Å². The first-order valence-electron chi connectivity index (χ1n) is 15.6. The zero-order chi connectivity index (χ0) is 35.3. The van der Waals surface area contributed by atoms with Crippen LogP contribution in [0.1, 0.15) is 53.9 Å². The molecule has 1 atom stereocenters. The molecule has 0 saturated carbocycles. The third-order valence-corrected chi connectivity index (χ3v) is 8.94. The normalized spacial score (nSPS) is 15.7. The van der Waals surface area contributed by atoms with Crippen LogP contribution in [0.25, 0.3) is 28.3 Å². The molecule has 12 heteroatoms. The Kier molecular flexibility index (Phi) is 7.90. The van der Waals surface area contributed by atoms with Gasteiger partial charge in [-0.05, 0) is 49.5 Å². The Morgan fingerprint density at radius 1 is 0.900 bits per heavy atom. The molecule has 0 spiro atoms. The predicted molar refractivity (Wildman–Crippen MR) is 183 cm³/mol. The molecule has 0 amide bonds. The van der Waals surface area contributed by atoms with Crippen LogP contribution in [0.2, 0.25) is 0 Å². The summed E-state index contributed by atoms with van der Waals surface area (Å²) in [4.78, 5) is 45.7. The first-order chi connectivity index (χ1) is 24.1. The van der Waals surface area contributed by atoms with Gasteiger partial charge in [-0.1, -0.05) is 48.5 Å². The van der Waals surface area contributed by atoms with Gasteiger partial charge in [0.25, 0.3) is 0 Å². The first-order valence-corrected chi connectivity index (χ1v) is 15.6. The van der Waals surface area contributed by atoms with Crippen LogP contribution in [0.3, 0.4) is 0 Å². The van der Waals surface area contributed by atoms with Gasteiger partial charge < -0.3 is 35.2 Å². The van der Waals surface area contributed by atoms with Crippen molar-refractivity contribution in [3.63, 3.8) is 0 Å². The molecule has 1 unspecified atom stereocenters. The molecule has 248 valence electrons. The summed E-state index contributed by atoms with van der Waals surface area (Å²) in [6.45, 7) is 1.25. The number of carbonyl (C=O) groups is 3. The number of nitrogens with two attached hydrogens (primary N) is 2. The minimum absolute atomic E-state index is 0.0721. The van der Waals surface area contributed by atoms with E-state index in [2.05, 4.69) is 11.1 Å². The molecule has 2 aromatic carbocycles. The smallest absolute Gasteiger partial charge is 0.340 e. The molecular weight excluding hydrogens is 636 g/mol. The molecule has 5 N–H and O–H groups in total. The fraction of sp³-hybridized carbons (Fsp3) is 0.132. The number of ketones is 2. The number of aromatic carboxylic acids is 1. The number of nitrogen functional groups attached to an aromatic ring is 1. The lowest BCUT2D eigenvalue weighted by Crippen LogP contribution is -2.38. The number of allylic oxidation sites excluding steroid dienone is 2. The Hall–Kier alpha value is -6.71. The molecule has 4 heterocycles. The maximum Gasteiger partial charge on any atom is 0.340 e. The number of pyridine rings is 1. The van der Waals surface area contributed by atoms with E-state index in [1.165, 1.54) is 6.26 Å². The molecule has 0 saturated heterocycles. The van der Waals surface area contributed by atoms with Crippen molar-refractivity contribution in [3.05, 3.63) is 136 Å². The topological polar surface area (TPSA) is 193 Å². The highest BCUT2D eigenvalue weighted by atomic mass is 16.4. The van der Waals surface area contributed by atoms with Gasteiger partial charge >= 0.3 is 5.97 Å². The number of benzene rings is 2. The van der Waals surface area contributed by atoms with Crippen LogP contribution in [-0.4, -0.2) is 64.6 Å². The van der Waals surface area contributed by atoms with Gasteiger partial charge in [0, 0.05) is 35.4 Å². The Morgan fingerprint density at radius 3 is 2.16 bits per heavy atom. The minimum Gasteiger partial charge on any atom is -0.478 e. The predicted octanol–water partition coefficient (Wildman–Crippen LogP) is 5.38. The average Bonchev–Trinajstić information content (AvgIpc) is 3.92. The number of carbonyl (C=O) groups excluding carboxylic acids is 2. The van der Waals surface area contributed by atoms with Crippen molar-refractivity contribution in [2.45, 2.75) is 5.92 Å². The van der Waals surface area contributed by atoms with Crippen LogP contribution in [0.15, 0.2) is 111 Å². The number of nitriles is 1. The second-order valence-corrected chi connectivity index (χ2v) is 12.1. The van der Waals surface area contributed by atoms with Crippen LogP contribution < -0.4 is 11.5 Å². The molecule has 5 aromatic rings. The van der Waals surface area contributed by atoms with Crippen LogP contribution in [-0.2, 0) is 0 Å². The summed E-state index contributed by atoms with van der Waals surface area (Å²) in [5.74, 6) is -0.845. The number of furan rings is 2. The second-order valence-electron chi connectivity index (χ2n) is 12.1. The number of rotatable bonds is 6. The van der Waals surface area contributed by atoms with E-state index in [1.54, 1.807) is 54.8 Å². The summed E-state index contributed by atoms with van der Waals surface area (Å²) < 4.78 is 11.0. The Morgan fingerprint density at radius 2 is 1.54 bits per heavy atom. The fourth-order valence-corrected chi connectivity index (χ4v) is 6.76. The van der Waals surface area contributed by atoms with Crippen molar-refractivity contribution >= 4 is 29.1 Å². The van der Waals surface area contributed by atoms with E-state index >= 15 is 0 Å². The van der Waals surface area contributed by atoms with Gasteiger partial charge in [-0.2, -0.15) is 5.26 Å². The number of likely N-dealkylation sites (N-methyl/N-ethyl adjacent to an activating group) is 1. The number of Topliss-reactive ketones (excluding diaryl/α,β-unsaturated/α-hetero) is 1. The molecular formula is C38H30N6O6. The number of hydrogen-bond acceptors (Lipinski definition) is 11. The lowest BCUT2D eigenvalue weighted by Gasteiger charge is -2.35. The summed E-state index contributed by atoms with van der Waals surface area (Å²) in [5.41, 5.74) is 17.0. The Bertz CT molecular complexity index is 2310. The van der Waals surface area contributed by atoms with Gasteiger partial charge in [-0.3, -0.25) is 9.59 Å². The van der Waals surface area contributed by atoms with Gasteiger partial charge in [-0.15, -0.1) is 0 Å². The van der Waals surface area contributed by atoms with Gasteiger partial charge in [0.05, 0.1) is 41.3 Å². The number of hydrogen-bond donors (Lipinski definition) is 3. The van der Waals surface area contributed by atoms with Crippen LogP contribution in [0.5, 0.6) is 0 Å². The van der Waals surface area contributed by atoms with E-state index in [0.29, 0.717) is 69.5 Å². The minimum atomic E-state index is -1.22. The van der Waals surface area contributed by atoms with Gasteiger partial charge in [-0.25, -0.2) is 9.78 Å². The lowest BCUT2D eigenvalue weighted by molar-refractivity contribution is 0.0698. The number of nitrogens with zero attached hydrogens (tertiary/aromatic N) is 4. The molecule has 1 aliphatic heterocycles. The highest BCUT2D eigenvalue weighted by Crippen LogP contribution is 2.50. The van der Waals surface area contributed by atoms with E-state index in [4.69, 9.17) is 20.3 Å². The molecule has 8 rings (SSSR count). The summed E-state index contributed by atoms with van der Waals surface area (Å²) in [6.07, 6.45) is 3.03. The largest absolute Gasteiger partial charge is 0.478 e. The number of aromatic nitrogens is 1. The van der Waals surface area contributed by atoms with E-state index in [1.807, 2.05) is 48.2 Å². The molecule has 0 bridgehead atoms. The monoisotopic (exact) mass is 666 g/mol. The Balaban J connectivity index is 0.000000159. The molecule has 0 fully saturated rings. The Labute approximate surface area is 286 Å². The number of carboxylic acid groups (broad SMARTS) is 1. The zero-order valence-electron chi connectivity index (χ0n) is 27.0. The van der Waals surface area contributed by atoms with Crippen molar-refractivity contribution in [1.82, 2.24) is 14.8 Å². The fourth-order valence-electron chi connectivity index (χ4n) is 6.76. The maximum atomic E-state index is 13.3. The van der Waals surface area contributed by atoms with Crippen molar-refractivity contribution in [3.8, 4) is 28.7 Å². The van der Waals surface area contributed by atoms with E-state index < -0.39 is 11.9 Å². The van der Waals surface area contributed by atoms with Crippen molar-refractivity contribution in [2.24, 2.45) is 5.73 Å². The van der Waals surface area contributed by atoms with Gasteiger partial charge in [0.2, 0.25) is 0 Å². The first kappa shape index (κ1) is 31.9. The third kappa shape index (κ3) is 4.96. The summed E-state index contributed by atoms with van der Waals surface area (Å²) in [7, 11) is 3.93. The summed E-state index contributed by atoms with van der Waals surface area (Å²) in [6, 6.07) is 23.4.